The molecule has 0 aliphatic carbocycles. The number of ketones is 1. The fraction of sp³-hybridized carbons (Fsp3) is 0.458. The topological polar surface area (TPSA) is 58.4 Å². The minimum absolute atomic E-state index is 0.00173. The summed E-state index contributed by atoms with van der Waals surface area (Å²) in [6.07, 6.45) is 6.93. The molecule has 0 saturated heterocycles. The third kappa shape index (κ3) is 7.28. The largest absolute Gasteiger partial charge is 0.330 e. The molecule has 1 aromatic carbocycles. The summed E-state index contributed by atoms with van der Waals surface area (Å²) >= 11 is 5.81. The zero-order valence-electron chi connectivity index (χ0n) is 19.3. The standard InChI is InChI=1S/C15H22N4O2.C9H10ClF/c1-4-17(3)7-5-6-15(21)18-8-9-19-13(12(2)20)10-16-14(19)11-18;1-2-3-7-6-8(11)4-5-9(7)10/h5-6,10H,4,7-9,11H2,1-3H3;4-6H,2-3H2,1H3/b6-5+;. The predicted octanol–water partition coefficient (Wildman–Crippen LogP) is 4.37. The molecule has 0 bridgehead atoms. The molecule has 3 rings (SSSR count). The Hall–Kier alpha value is -2.51. The number of fused-ring (bicyclic) bond motifs is 1. The van der Waals surface area contributed by atoms with E-state index >= 15 is 0 Å². The summed E-state index contributed by atoms with van der Waals surface area (Å²) in [6.45, 7) is 9.06. The number of nitrogens with zero attached hydrogens (tertiary/aromatic N) is 4. The lowest BCUT2D eigenvalue weighted by Gasteiger charge is -2.27. The molecule has 0 spiro atoms. The van der Waals surface area contributed by atoms with Crippen molar-refractivity contribution in [1.82, 2.24) is 19.4 Å². The number of aryl methyl sites for hydroxylation is 1. The molecule has 8 heteroatoms. The number of amides is 1. The Morgan fingerprint density at radius 1 is 1.28 bits per heavy atom. The molecule has 0 atom stereocenters. The van der Waals surface area contributed by atoms with E-state index in [1.165, 1.54) is 19.1 Å². The van der Waals surface area contributed by atoms with Gasteiger partial charge in [0.05, 0.1) is 12.7 Å². The lowest BCUT2D eigenvalue weighted by atomic mass is 10.1. The molecule has 1 aliphatic heterocycles. The van der Waals surface area contributed by atoms with Crippen LogP contribution in [0.5, 0.6) is 0 Å². The summed E-state index contributed by atoms with van der Waals surface area (Å²) in [5.41, 5.74) is 1.52. The first kappa shape index (κ1) is 25.7. The van der Waals surface area contributed by atoms with E-state index in [1.807, 2.05) is 24.6 Å². The number of carbonyl (C=O) groups is 2. The van der Waals surface area contributed by atoms with E-state index in [-0.39, 0.29) is 17.5 Å². The molecular weight excluding hydrogens is 431 g/mol. The Kier molecular flexibility index (Phi) is 10.1. The van der Waals surface area contributed by atoms with Crippen LogP contribution in [0.2, 0.25) is 5.02 Å². The fourth-order valence-corrected chi connectivity index (χ4v) is 3.51. The Morgan fingerprint density at radius 3 is 2.69 bits per heavy atom. The third-order valence-corrected chi connectivity index (χ3v) is 5.65. The molecule has 0 N–H and O–H groups in total. The van der Waals surface area contributed by atoms with Crippen LogP contribution in [0.4, 0.5) is 4.39 Å². The van der Waals surface area contributed by atoms with Crippen molar-refractivity contribution < 1.29 is 14.0 Å². The van der Waals surface area contributed by atoms with Gasteiger partial charge in [0.2, 0.25) is 5.91 Å². The zero-order valence-corrected chi connectivity index (χ0v) is 20.0. The number of halogens is 2. The normalized spacial score (nSPS) is 13.2. The molecule has 0 fully saturated rings. The van der Waals surface area contributed by atoms with Crippen LogP contribution >= 0.6 is 11.6 Å². The zero-order chi connectivity index (χ0) is 23.7. The van der Waals surface area contributed by atoms with Gasteiger partial charge in [-0.1, -0.05) is 37.9 Å². The fourth-order valence-electron chi connectivity index (χ4n) is 3.30. The average molecular weight is 463 g/mol. The van der Waals surface area contributed by atoms with Crippen LogP contribution in [0.1, 0.15) is 49.1 Å². The van der Waals surface area contributed by atoms with Gasteiger partial charge < -0.3 is 14.4 Å². The van der Waals surface area contributed by atoms with E-state index in [1.54, 1.807) is 23.2 Å². The summed E-state index contributed by atoms with van der Waals surface area (Å²) < 4.78 is 14.5. The van der Waals surface area contributed by atoms with Crippen molar-refractivity contribution >= 4 is 23.3 Å². The number of carbonyl (C=O) groups excluding carboxylic acids is 2. The van der Waals surface area contributed by atoms with Crippen LogP contribution in [-0.2, 0) is 24.3 Å². The smallest absolute Gasteiger partial charge is 0.246 e. The maximum Gasteiger partial charge on any atom is 0.246 e. The number of hydrogen-bond acceptors (Lipinski definition) is 4. The number of benzene rings is 1. The van der Waals surface area contributed by atoms with Crippen molar-refractivity contribution in [2.24, 2.45) is 0 Å². The van der Waals surface area contributed by atoms with E-state index < -0.39 is 0 Å². The van der Waals surface area contributed by atoms with E-state index in [9.17, 15) is 14.0 Å². The maximum absolute atomic E-state index is 12.6. The highest BCUT2D eigenvalue weighted by Gasteiger charge is 2.23. The molecule has 1 aromatic heterocycles. The number of Topliss-reactive ketones (excluding diaryl/α,β-unsaturated/α-hetero) is 1. The lowest BCUT2D eigenvalue weighted by molar-refractivity contribution is -0.127. The van der Waals surface area contributed by atoms with E-state index in [0.29, 0.717) is 30.4 Å². The van der Waals surface area contributed by atoms with Crippen LogP contribution in [0, 0.1) is 5.82 Å². The number of hydrogen-bond donors (Lipinski definition) is 0. The van der Waals surface area contributed by atoms with Crippen molar-refractivity contribution in [3.05, 3.63) is 64.5 Å². The highest BCUT2D eigenvalue weighted by Crippen LogP contribution is 2.18. The summed E-state index contributed by atoms with van der Waals surface area (Å²) in [7, 11) is 2.01. The van der Waals surface area contributed by atoms with Crippen LogP contribution in [0.15, 0.2) is 36.5 Å². The van der Waals surface area contributed by atoms with E-state index in [0.717, 1.165) is 37.3 Å². The number of imidazole rings is 1. The van der Waals surface area contributed by atoms with Crippen molar-refractivity contribution in [3.63, 3.8) is 0 Å². The second-order valence-corrected chi connectivity index (χ2v) is 8.18. The van der Waals surface area contributed by atoms with Crippen LogP contribution in [0.25, 0.3) is 0 Å². The van der Waals surface area contributed by atoms with Crippen molar-refractivity contribution in [2.75, 3.05) is 26.7 Å². The molecule has 6 nitrogen and oxygen atoms in total. The monoisotopic (exact) mass is 462 g/mol. The lowest BCUT2D eigenvalue weighted by Crippen LogP contribution is -2.38. The second-order valence-electron chi connectivity index (χ2n) is 7.77. The maximum atomic E-state index is 12.6. The number of aromatic nitrogens is 2. The molecule has 174 valence electrons. The van der Waals surface area contributed by atoms with E-state index in [4.69, 9.17) is 11.6 Å². The second kappa shape index (κ2) is 12.5. The van der Waals surface area contributed by atoms with Gasteiger partial charge in [0.15, 0.2) is 5.78 Å². The van der Waals surface area contributed by atoms with Crippen LogP contribution in [0.3, 0.4) is 0 Å². The molecule has 2 heterocycles. The van der Waals surface area contributed by atoms with Gasteiger partial charge in [-0.25, -0.2) is 9.37 Å². The Bertz CT molecular complexity index is 957. The summed E-state index contributed by atoms with van der Waals surface area (Å²) in [5, 5.41) is 0.660. The van der Waals surface area contributed by atoms with Crippen LogP contribution < -0.4 is 0 Å². The SMILES string of the molecule is CCCc1cc(F)ccc1Cl.CCN(C)C/C=C/C(=O)N1CCn2c(C(C)=O)cnc2C1. The average Bonchev–Trinajstić information content (AvgIpc) is 3.20. The van der Waals surface area contributed by atoms with Crippen LogP contribution in [-0.4, -0.2) is 57.7 Å². The molecular formula is C24H32ClFN4O2. The first-order valence-corrected chi connectivity index (χ1v) is 11.3. The minimum Gasteiger partial charge on any atom is -0.330 e. The summed E-state index contributed by atoms with van der Waals surface area (Å²) in [6, 6.07) is 4.47. The van der Waals surface area contributed by atoms with Gasteiger partial charge in [0.25, 0.3) is 0 Å². The van der Waals surface area contributed by atoms with Gasteiger partial charge in [-0.2, -0.15) is 0 Å². The quantitative estimate of drug-likeness (QED) is 0.453. The minimum atomic E-state index is -0.210. The third-order valence-electron chi connectivity index (χ3n) is 5.28. The van der Waals surface area contributed by atoms with Gasteiger partial charge in [-0.15, -0.1) is 0 Å². The Balaban J connectivity index is 0.000000278. The van der Waals surface area contributed by atoms with Gasteiger partial charge in [-0.05, 0) is 43.8 Å². The van der Waals surface area contributed by atoms with Crippen molar-refractivity contribution in [2.45, 2.75) is 46.7 Å². The van der Waals surface area contributed by atoms with Gasteiger partial charge in [0, 0.05) is 37.7 Å². The number of rotatable bonds is 7. The van der Waals surface area contributed by atoms with E-state index in [2.05, 4.69) is 16.8 Å². The molecule has 32 heavy (non-hydrogen) atoms. The highest BCUT2D eigenvalue weighted by atomic mass is 35.5. The summed E-state index contributed by atoms with van der Waals surface area (Å²) in [4.78, 5) is 31.7. The summed E-state index contributed by atoms with van der Waals surface area (Å²) in [5.74, 6) is 0.575. The van der Waals surface area contributed by atoms with Crippen molar-refractivity contribution in [1.29, 1.82) is 0 Å². The van der Waals surface area contributed by atoms with Crippen molar-refractivity contribution in [3.8, 4) is 0 Å². The first-order valence-electron chi connectivity index (χ1n) is 10.9. The predicted molar refractivity (Wildman–Crippen MR) is 125 cm³/mol. The van der Waals surface area contributed by atoms with Gasteiger partial charge >= 0.3 is 0 Å². The molecule has 0 radical (unpaired) electrons. The Labute approximate surface area is 194 Å². The first-order chi connectivity index (χ1) is 15.3. The van der Waals surface area contributed by atoms with Gasteiger partial charge in [0.1, 0.15) is 17.3 Å². The molecule has 1 aliphatic rings. The molecule has 1 amide bonds. The Morgan fingerprint density at radius 2 is 2.03 bits per heavy atom. The highest BCUT2D eigenvalue weighted by molar-refractivity contribution is 6.31. The molecule has 2 aromatic rings. The number of likely N-dealkylation sites (N-methyl/N-ethyl adjacent to an activating group) is 1. The molecule has 0 unspecified atom stereocenters. The van der Waals surface area contributed by atoms with Gasteiger partial charge in [-0.3, -0.25) is 9.59 Å². The molecule has 0 saturated carbocycles.